The van der Waals surface area contributed by atoms with E-state index in [-0.39, 0.29) is 0 Å². The highest BCUT2D eigenvalue weighted by Crippen LogP contribution is 2.29. The number of rotatable bonds is 18. The van der Waals surface area contributed by atoms with E-state index in [1.807, 2.05) is 0 Å². The summed E-state index contributed by atoms with van der Waals surface area (Å²) in [5.74, 6) is 3.56. The summed E-state index contributed by atoms with van der Waals surface area (Å²) in [4.78, 5) is 11.9. The van der Waals surface area contributed by atoms with E-state index in [4.69, 9.17) is 11.1 Å². The monoisotopic (exact) mass is 557 g/mol. The van der Waals surface area contributed by atoms with Crippen molar-refractivity contribution in [2.75, 3.05) is 32.7 Å². The predicted molar refractivity (Wildman–Crippen MR) is 171 cm³/mol. The molecule has 230 valence electrons. The summed E-state index contributed by atoms with van der Waals surface area (Å²) in [6, 6.07) is 1.04. The van der Waals surface area contributed by atoms with E-state index in [9.17, 15) is 0 Å². The van der Waals surface area contributed by atoms with Crippen LogP contribution in [-0.4, -0.2) is 71.4 Å². The summed E-state index contributed by atoms with van der Waals surface area (Å²) in [5, 5.41) is 9.00. The van der Waals surface area contributed by atoms with Gasteiger partial charge in [0.15, 0.2) is 11.9 Å². The van der Waals surface area contributed by atoms with Crippen molar-refractivity contribution in [3.05, 3.63) is 0 Å². The van der Waals surface area contributed by atoms with E-state index in [0.717, 1.165) is 56.5 Å². The number of hydrogen-bond acceptors (Lipinski definition) is 4. The zero-order chi connectivity index (χ0) is 28.0. The summed E-state index contributed by atoms with van der Waals surface area (Å²) in [5.41, 5.74) is 6.31. The zero-order valence-electron chi connectivity index (χ0n) is 26.3. The average Bonchev–Trinajstić information content (AvgIpc) is 3.49. The zero-order valence-corrected chi connectivity index (χ0v) is 26.3. The number of hydrogen-bond donors (Lipinski definition) is 2. The van der Waals surface area contributed by atoms with Crippen molar-refractivity contribution in [1.82, 2.24) is 14.7 Å². The van der Waals surface area contributed by atoms with E-state index < -0.39 is 0 Å². The fraction of sp³-hybridized carbons (Fsp3) is 0.941. The van der Waals surface area contributed by atoms with Crippen LogP contribution in [0.4, 0.5) is 0 Å². The van der Waals surface area contributed by atoms with Crippen LogP contribution in [0.15, 0.2) is 4.99 Å². The Labute approximate surface area is 247 Å². The van der Waals surface area contributed by atoms with E-state index in [1.165, 1.54) is 141 Å². The molecule has 0 unspecified atom stereocenters. The van der Waals surface area contributed by atoms with Crippen LogP contribution in [0.1, 0.15) is 148 Å². The summed E-state index contributed by atoms with van der Waals surface area (Å²) in [6.07, 6.45) is 29.9. The Balaban J connectivity index is 1.12. The lowest BCUT2D eigenvalue weighted by molar-refractivity contribution is 0.287. The second-order valence-electron chi connectivity index (χ2n) is 13.8. The van der Waals surface area contributed by atoms with E-state index in [1.54, 1.807) is 0 Å². The Kier molecular flexibility index (Phi) is 13.8. The Morgan fingerprint density at radius 2 is 1.23 bits per heavy atom. The van der Waals surface area contributed by atoms with Gasteiger partial charge in [-0.15, -0.1) is 0 Å². The smallest absolute Gasteiger partial charge is 0.194 e. The maximum absolute atomic E-state index is 9.00. The summed E-state index contributed by atoms with van der Waals surface area (Å²) in [7, 11) is 0. The van der Waals surface area contributed by atoms with Crippen LogP contribution in [0.3, 0.4) is 0 Å². The van der Waals surface area contributed by atoms with E-state index in [2.05, 4.69) is 26.6 Å². The normalized spacial score (nSPS) is 24.9. The second kappa shape index (κ2) is 17.5. The second-order valence-corrected chi connectivity index (χ2v) is 13.8. The van der Waals surface area contributed by atoms with Crippen molar-refractivity contribution in [3.63, 3.8) is 0 Å². The van der Waals surface area contributed by atoms with Crippen molar-refractivity contribution in [2.45, 2.75) is 160 Å². The summed E-state index contributed by atoms with van der Waals surface area (Å²) >= 11 is 0. The van der Waals surface area contributed by atoms with Crippen LogP contribution < -0.4 is 5.73 Å². The highest BCUT2D eigenvalue weighted by Gasteiger charge is 2.33. The van der Waals surface area contributed by atoms with Gasteiger partial charge in [0.2, 0.25) is 0 Å². The van der Waals surface area contributed by atoms with Crippen LogP contribution in [0.25, 0.3) is 0 Å². The maximum atomic E-state index is 9.00. The number of nitrogens with two attached hydrogens (primary N) is 1. The van der Waals surface area contributed by atoms with Crippen molar-refractivity contribution in [3.8, 4) is 0 Å². The highest BCUT2D eigenvalue weighted by atomic mass is 15.4. The Morgan fingerprint density at radius 3 is 1.85 bits per heavy atom. The van der Waals surface area contributed by atoms with Gasteiger partial charge in [0, 0.05) is 32.2 Å². The molecule has 4 aliphatic rings. The Hall–Kier alpha value is -1.46. The van der Waals surface area contributed by atoms with Crippen LogP contribution in [0.2, 0.25) is 0 Å². The first-order valence-corrected chi connectivity index (χ1v) is 17.8. The molecule has 2 atom stereocenters. The van der Waals surface area contributed by atoms with Gasteiger partial charge >= 0.3 is 0 Å². The molecule has 6 nitrogen and oxygen atoms in total. The number of unbranched alkanes of at least 4 members (excludes halogenated alkanes) is 4. The minimum absolute atomic E-state index is 0.491. The first-order chi connectivity index (χ1) is 19.7. The molecule has 6 heteroatoms. The van der Waals surface area contributed by atoms with Crippen LogP contribution in [0, 0.1) is 17.2 Å². The van der Waals surface area contributed by atoms with Crippen molar-refractivity contribution < 1.29 is 0 Å². The quantitative estimate of drug-likeness (QED) is 0.169. The van der Waals surface area contributed by atoms with Crippen LogP contribution >= 0.6 is 0 Å². The molecule has 0 radical (unpaired) electrons. The molecule has 0 spiro atoms. The molecule has 0 amide bonds. The molecule has 0 aromatic carbocycles. The van der Waals surface area contributed by atoms with Crippen LogP contribution in [0.5, 0.6) is 0 Å². The van der Waals surface area contributed by atoms with Gasteiger partial charge in [-0.1, -0.05) is 110 Å². The standard InChI is InChI=1S/C34H64N6/c1-2-3-22-32-28-38(34(36)40(32)26-15-11-21-30-18-8-5-9-19-30)24-13-12-23-31-27-37-33(35)39(31)25-14-10-20-29-16-6-4-7-17-29/h29-32,36H,2-28H2,1H3,(H2,35,37)/t31-,32-/m0/s1. The molecule has 40 heavy (non-hydrogen) atoms. The van der Waals surface area contributed by atoms with Gasteiger partial charge in [-0.05, 0) is 50.4 Å². The highest BCUT2D eigenvalue weighted by molar-refractivity contribution is 5.80. The maximum Gasteiger partial charge on any atom is 0.194 e. The Bertz CT molecular complexity index is 741. The number of aliphatic imine (C=N–C) groups is 1. The predicted octanol–water partition coefficient (Wildman–Crippen LogP) is 7.77. The third kappa shape index (κ3) is 9.82. The lowest BCUT2D eigenvalue weighted by Crippen LogP contribution is -2.41. The molecule has 0 bridgehead atoms. The fourth-order valence-corrected chi connectivity index (χ4v) is 8.15. The van der Waals surface area contributed by atoms with E-state index in [0.29, 0.717) is 12.1 Å². The molecule has 2 aliphatic carbocycles. The molecule has 1 saturated heterocycles. The van der Waals surface area contributed by atoms with Crippen molar-refractivity contribution >= 4 is 11.9 Å². The lowest BCUT2D eigenvalue weighted by atomic mass is 9.86. The van der Waals surface area contributed by atoms with Crippen molar-refractivity contribution in [1.29, 1.82) is 5.41 Å². The molecule has 4 rings (SSSR count). The molecule has 0 aromatic heterocycles. The van der Waals surface area contributed by atoms with Crippen molar-refractivity contribution in [2.24, 2.45) is 22.6 Å². The average molecular weight is 557 g/mol. The van der Waals surface area contributed by atoms with Gasteiger partial charge in [-0.2, -0.15) is 0 Å². The topological polar surface area (TPSA) is 72.0 Å². The molecular weight excluding hydrogens is 492 g/mol. The third-order valence-corrected chi connectivity index (χ3v) is 10.7. The molecule has 2 saturated carbocycles. The first-order valence-electron chi connectivity index (χ1n) is 17.8. The molecular formula is C34H64N6. The molecule has 0 aromatic rings. The van der Waals surface area contributed by atoms with Gasteiger partial charge < -0.3 is 20.4 Å². The number of guanidine groups is 2. The minimum Gasteiger partial charge on any atom is -0.370 e. The van der Waals surface area contributed by atoms with Gasteiger partial charge in [0.05, 0.1) is 12.6 Å². The first kappa shape index (κ1) is 31.5. The summed E-state index contributed by atoms with van der Waals surface area (Å²) in [6.45, 7) is 7.44. The van der Waals surface area contributed by atoms with Gasteiger partial charge in [0.25, 0.3) is 0 Å². The Morgan fingerprint density at radius 1 is 0.675 bits per heavy atom. The van der Waals surface area contributed by atoms with E-state index >= 15 is 0 Å². The molecule has 3 N–H and O–H groups in total. The molecule has 3 fully saturated rings. The molecule has 2 heterocycles. The number of nitrogens with zero attached hydrogens (tertiary/aromatic N) is 4. The third-order valence-electron chi connectivity index (χ3n) is 10.7. The largest absolute Gasteiger partial charge is 0.370 e. The SMILES string of the molecule is CCCC[C@H]1CN(CCCC[C@H]2CN=C(N)N2CCCCC2CCCCC2)C(=N)N1CCCCC1CCCCC1. The van der Waals surface area contributed by atoms with Gasteiger partial charge in [-0.3, -0.25) is 10.4 Å². The lowest BCUT2D eigenvalue weighted by Gasteiger charge is -2.27. The van der Waals surface area contributed by atoms with Gasteiger partial charge in [0.1, 0.15) is 0 Å². The van der Waals surface area contributed by atoms with Crippen LogP contribution in [-0.2, 0) is 0 Å². The van der Waals surface area contributed by atoms with Gasteiger partial charge in [-0.25, -0.2) is 0 Å². The minimum atomic E-state index is 0.491. The fourth-order valence-electron chi connectivity index (χ4n) is 8.15. The summed E-state index contributed by atoms with van der Waals surface area (Å²) < 4.78 is 0. The number of nitrogens with one attached hydrogen (secondary N) is 1. The molecule has 2 aliphatic heterocycles.